The van der Waals surface area contributed by atoms with Crippen LogP contribution < -0.4 is 5.73 Å². The van der Waals surface area contributed by atoms with Crippen molar-refractivity contribution in [2.75, 3.05) is 19.3 Å². The molecule has 5 heteroatoms. The summed E-state index contributed by atoms with van der Waals surface area (Å²) in [6, 6.07) is 2.77. The Morgan fingerprint density at radius 3 is 2.90 bits per heavy atom. The third kappa shape index (κ3) is 2.50. The molecular weight excluding hydrogens is 250 g/mol. The van der Waals surface area contributed by atoms with Crippen molar-refractivity contribution in [1.29, 1.82) is 0 Å². The van der Waals surface area contributed by atoms with Gasteiger partial charge in [-0.1, -0.05) is 12.8 Å². The number of nitrogens with zero attached hydrogens (tertiary/aromatic N) is 4. The van der Waals surface area contributed by atoms with Crippen LogP contribution in [0.25, 0.3) is 11.2 Å². The lowest BCUT2D eigenvalue weighted by atomic mass is 10.2. The molecule has 2 aromatic heterocycles. The van der Waals surface area contributed by atoms with Crippen molar-refractivity contribution in [2.24, 2.45) is 0 Å². The summed E-state index contributed by atoms with van der Waals surface area (Å²) in [6.07, 6.45) is 7.26. The number of nitrogen functional groups attached to an aromatic ring is 1. The van der Waals surface area contributed by atoms with Gasteiger partial charge in [0.15, 0.2) is 5.65 Å². The fourth-order valence-electron chi connectivity index (χ4n) is 3.13. The van der Waals surface area contributed by atoms with Crippen LogP contribution in [0.15, 0.2) is 12.3 Å². The topological polar surface area (TPSA) is 60.0 Å². The second-order valence-electron chi connectivity index (χ2n) is 5.90. The number of imidazole rings is 1. The van der Waals surface area contributed by atoms with Crippen molar-refractivity contribution in [3.05, 3.63) is 17.8 Å². The molecule has 1 aliphatic carbocycles. The van der Waals surface area contributed by atoms with E-state index in [0.717, 1.165) is 35.9 Å². The Bertz CT molecular complexity index is 598. The molecule has 1 saturated carbocycles. The first-order chi connectivity index (χ1) is 9.65. The summed E-state index contributed by atoms with van der Waals surface area (Å²) in [5.41, 5.74) is 8.94. The van der Waals surface area contributed by atoms with Crippen molar-refractivity contribution in [2.45, 2.75) is 45.2 Å². The number of likely N-dealkylation sites (N-methyl/N-ethyl adjacent to an activating group) is 1. The molecule has 0 radical (unpaired) electrons. The summed E-state index contributed by atoms with van der Waals surface area (Å²) in [6.45, 7) is 3.87. The number of anilines is 1. The van der Waals surface area contributed by atoms with Crippen LogP contribution in [0.5, 0.6) is 0 Å². The van der Waals surface area contributed by atoms with Gasteiger partial charge in [-0.15, -0.1) is 0 Å². The molecule has 0 atom stereocenters. The van der Waals surface area contributed by atoms with Crippen LogP contribution in [0.3, 0.4) is 0 Å². The summed E-state index contributed by atoms with van der Waals surface area (Å²) < 4.78 is 2.03. The van der Waals surface area contributed by atoms with Crippen LogP contribution in [-0.2, 0) is 6.54 Å². The van der Waals surface area contributed by atoms with E-state index < -0.39 is 0 Å². The molecule has 108 valence electrons. The Labute approximate surface area is 119 Å². The predicted molar refractivity (Wildman–Crippen MR) is 81.6 cm³/mol. The molecule has 0 amide bonds. The number of hydrogen-bond donors (Lipinski definition) is 1. The first-order valence-electron chi connectivity index (χ1n) is 7.44. The van der Waals surface area contributed by atoms with E-state index in [1.165, 1.54) is 25.7 Å². The van der Waals surface area contributed by atoms with Crippen LogP contribution in [0.1, 0.15) is 31.2 Å². The molecule has 3 rings (SSSR count). The van der Waals surface area contributed by atoms with Crippen molar-refractivity contribution >= 4 is 17.1 Å². The average Bonchev–Trinajstić information content (AvgIpc) is 3.03. The third-order valence-corrected chi connectivity index (χ3v) is 4.38. The molecule has 0 bridgehead atoms. The lowest BCUT2D eigenvalue weighted by Gasteiger charge is -2.24. The van der Waals surface area contributed by atoms with Gasteiger partial charge in [0, 0.05) is 25.3 Å². The molecule has 20 heavy (non-hydrogen) atoms. The van der Waals surface area contributed by atoms with Crippen LogP contribution in [-0.4, -0.2) is 39.1 Å². The van der Waals surface area contributed by atoms with Crippen molar-refractivity contribution < 1.29 is 0 Å². The highest BCUT2D eigenvalue weighted by Crippen LogP contribution is 2.23. The number of aryl methyl sites for hydroxylation is 1. The summed E-state index contributed by atoms with van der Waals surface area (Å²) in [7, 11) is 2.21. The number of rotatable bonds is 4. The zero-order valence-electron chi connectivity index (χ0n) is 12.3. The van der Waals surface area contributed by atoms with Crippen LogP contribution in [0.2, 0.25) is 0 Å². The maximum Gasteiger partial charge on any atom is 0.202 e. The van der Waals surface area contributed by atoms with Gasteiger partial charge >= 0.3 is 0 Å². The Morgan fingerprint density at radius 2 is 2.15 bits per heavy atom. The highest BCUT2D eigenvalue weighted by atomic mass is 15.2. The molecule has 0 aliphatic heterocycles. The Balaban J connectivity index is 1.75. The summed E-state index contributed by atoms with van der Waals surface area (Å²) in [4.78, 5) is 11.3. The molecule has 2 heterocycles. The van der Waals surface area contributed by atoms with Crippen LogP contribution in [0.4, 0.5) is 5.95 Å². The minimum absolute atomic E-state index is 0.568. The van der Waals surface area contributed by atoms with Crippen LogP contribution in [0, 0.1) is 6.92 Å². The first kappa shape index (κ1) is 13.4. The first-order valence-corrected chi connectivity index (χ1v) is 7.44. The lowest BCUT2D eigenvalue weighted by molar-refractivity contribution is 0.237. The number of pyridine rings is 1. The van der Waals surface area contributed by atoms with E-state index in [9.17, 15) is 0 Å². The molecule has 0 unspecified atom stereocenters. The molecule has 1 fully saturated rings. The highest BCUT2D eigenvalue weighted by molar-refractivity contribution is 5.74. The van der Waals surface area contributed by atoms with E-state index in [2.05, 4.69) is 21.9 Å². The van der Waals surface area contributed by atoms with Gasteiger partial charge in [-0.3, -0.25) is 4.57 Å². The van der Waals surface area contributed by atoms with E-state index >= 15 is 0 Å². The van der Waals surface area contributed by atoms with Gasteiger partial charge in [0.25, 0.3) is 0 Å². The van der Waals surface area contributed by atoms with Crippen molar-refractivity contribution in [3.63, 3.8) is 0 Å². The van der Waals surface area contributed by atoms with Gasteiger partial charge in [0.2, 0.25) is 5.95 Å². The second-order valence-corrected chi connectivity index (χ2v) is 5.90. The molecule has 0 spiro atoms. The predicted octanol–water partition coefficient (Wildman–Crippen LogP) is 2.20. The van der Waals surface area contributed by atoms with Crippen LogP contribution >= 0.6 is 0 Å². The molecule has 0 aromatic carbocycles. The SMILES string of the molecule is Cc1cnc2c(c1)nc(N)n2CCN(C)C1CCCC1. The highest BCUT2D eigenvalue weighted by Gasteiger charge is 2.19. The number of nitrogens with two attached hydrogens (primary N) is 1. The maximum absolute atomic E-state index is 6.04. The largest absolute Gasteiger partial charge is 0.369 e. The zero-order valence-corrected chi connectivity index (χ0v) is 12.3. The third-order valence-electron chi connectivity index (χ3n) is 4.38. The fraction of sp³-hybridized carbons (Fsp3) is 0.600. The number of hydrogen-bond acceptors (Lipinski definition) is 4. The van der Waals surface area contributed by atoms with Crippen molar-refractivity contribution in [1.82, 2.24) is 19.4 Å². The minimum atomic E-state index is 0.568. The van der Waals surface area contributed by atoms with Gasteiger partial charge in [-0.2, -0.15) is 0 Å². The van der Waals surface area contributed by atoms with Gasteiger partial charge in [0.1, 0.15) is 5.52 Å². The van der Waals surface area contributed by atoms with E-state index in [0.29, 0.717) is 5.95 Å². The zero-order chi connectivity index (χ0) is 14.1. The average molecular weight is 273 g/mol. The van der Waals surface area contributed by atoms with Gasteiger partial charge < -0.3 is 10.6 Å². The monoisotopic (exact) mass is 273 g/mol. The normalized spacial score (nSPS) is 16.6. The van der Waals surface area contributed by atoms with E-state index in [-0.39, 0.29) is 0 Å². The Hall–Kier alpha value is -1.62. The fourth-order valence-corrected chi connectivity index (χ4v) is 3.13. The minimum Gasteiger partial charge on any atom is -0.369 e. The number of aromatic nitrogens is 3. The van der Waals surface area contributed by atoms with Gasteiger partial charge in [0.05, 0.1) is 0 Å². The van der Waals surface area contributed by atoms with E-state index in [1.807, 2.05) is 23.8 Å². The molecule has 2 aromatic rings. The number of fused-ring (bicyclic) bond motifs is 1. The summed E-state index contributed by atoms with van der Waals surface area (Å²) in [5.74, 6) is 0.568. The Kier molecular flexibility index (Phi) is 3.61. The smallest absolute Gasteiger partial charge is 0.202 e. The molecule has 1 aliphatic rings. The molecule has 5 nitrogen and oxygen atoms in total. The standard InChI is InChI=1S/C15H23N5/c1-11-9-13-14(17-10-11)20(15(16)18-13)8-7-19(2)12-5-3-4-6-12/h9-10,12H,3-8H2,1-2H3,(H2,16,18). The summed E-state index contributed by atoms with van der Waals surface area (Å²) >= 11 is 0. The molecule has 2 N–H and O–H groups in total. The van der Waals surface area contributed by atoms with E-state index in [4.69, 9.17) is 5.73 Å². The quantitative estimate of drug-likeness (QED) is 0.927. The molecular formula is C15H23N5. The maximum atomic E-state index is 6.04. The lowest BCUT2D eigenvalue weighted by Crippen LogP contribution is -2.32. The van der Waals surface area contributed by atoms with Gasteiger partial charge in [-0.05, 0) is 38.4 Å². The second kappa shape index (κ2) is 5.40. The van der Waals surface area contributed by atoms with E-state index in [1.54, 1.807) is 0 Å². The van der Waals surface area contributed by atoms with Gasteiger partial charge in [-0.25, -0.2) is 9.97 Å². The van der Waals surface area contributed by atoms with Crippen molar-refractivity contribution in [3.8, 4) is 0 Å². The summed E-state index contributed by atoms with van der Waals surface area (Å²) in [5, 5.41) is 0. The molecule has 0 saturated heterocycles. The Morgan fingerprint density at radius 1 is 1.40 bits per heavy atom.